The number of hydrogen-bond acceptors (Lipinski definition) is 2. The Morgan fingerprint density at radius 2 is 1.82 bits per heavy atom. The molecule has 2 aromatic rings. The first-order chi connectivity index (χ1) is 10.5. The van der Waals surface area contributed by atoms with E-state index in [1.165, 1.54) is 6.07 Å². The van der Waals surface area contributed by atoms with Crippen LogP contribution in [0.25, 0.3) is 0 Å². The van der Waals surface area contributed by atoms with Crippen molar-refractivity contribution < 1.29 is 14.7 Å². The minimum atomic E-state index is -1.06. The van der Waals surface area contributed by atoms with Gasteiger partial charge < -0.3 is 10.4 Å². The highest BCUT2D eigenvalue weighted by atomic mass is 127. The molecule has 0 aromatic heterocycles. The number of aromatic carboxylic acids is 1. The maximum atomic E-state index is 12.0. The number of hydrogen-bond donors (Lipinski definition) is 2. The van der Waals surface area contributed by atoms with Crippen molar-refractivity contribution in [2.75, 3.05) is 5.32 Å². The molecule has 0 unspecified atom stereocenters. The third kappa shape index (κ3) is 4.71. The van der Waals surface area contributed by atoms with Crippen LogP contribution < -0.4 is 5.32 Å². The third-order valence-corrected chi connectivity index (χ3v) is 3.96. The zero-order chi connectivity index (χ0) is 16.1. The van der Waals surface area contributed by atoms with Gasteiger partial charge in [-0.15, -0.1) is 0 Å². The minimum absolute atomic E-state index is 0.0896. The van der Waals surface area contributed by atoms with Crippen LogP contribution in [0.1, 0.15) is 22.3 Å². The number of benzene rings is 2. The Morgan fingerprint density at radius 1 is 1.14 bits per heavy atom. The zero-order valence-electron chi connectivity index (χ0n) is 11.5. The Balaban J connectivity index is 2.00. The van der Waals surface area contributed by atoms with E-state index in [4.69, 9.17) is 16.7 Å². The van der Waals surface area contributed by atoms with Gasteiger partial charge in [-0.2, -0.15) is 0 Å². The molecule has 0 aliphatic heterocycles. The second kappa shape index (κ2) is 7.60. The van der Waals surface area contributed by atoms with Gasteiger partial charge in [0.1, 0.15) is 0 Å². The van der Waals surface area contributed by atoms with Crippen LogP contribution in [0.2, 0.25) is 5.02 Å². The lowest BCUT2D eigenvalue weighted by atomic mass is 10.1. The van der Waals surface area contributed by atoms with Crippen LogP contribution in [-0.4, -0.2) is 17.0 Å². The van der Waals surface area contributed by atoms with Gasteiger partial charge in [0, 0.05) is 15.0 Å². The van der Waals surface area contributed by atoms with Crippen molar-refractivity contribution in [3.63, 3.8) is 0 Å². The molecule has 0 spiro atoms. The van der Waals surface area contributed by atoms with Crippen molar-refractivity contribution in [2.24, 2.45) is 0 Å². The molecule has 0 saturated carbocycles. The molecule has 2 N–H and O–H groups in total. The topological polar surface area (TPSA) is 66.4 Å². The summed E-state index contributed by atoms with van der Waals surface area (Å²) in [5.41, 5.74) is 1.40. The summed E-state index contributed by atoms with van der Waals surface area (Å²) < 4.78 is 0.800. The first-order valence-corrected chi connectivity index (χ1v) is 7.98. The van der Waals surface area contributed by atoms with Gasteiger partial charge in [0.25, 0.3) is 0 Å². The maximum Gasteiger partial charge on any atom is 0.337 e. The predicted molar refractivity (Wildman–Crippen MR) is 94.5 cm³/mol. The van der Waals surface area contributed by atoms with Gasteiger partial charge in [-0.25, -0.2) is 4.79 Å². The Hall–Kier alpha value is -1.60. The van der Waals surface area contributed by atoms with E-state index in [0.29, 0.717) is 17.1 Å². The molecule has 0 bridgehead atoms. The highest BCUT2D eigenvalue weighted by Crippen LogP contribution is 2.19. The van der Waals surface area contributed by atoms with Crippen molar-refractivity contribution in [3.05, 3.63) is 62.2 Å². The van der Waals surface area contributed by atoms with Crippen LogP contribution in [0.3, 0.4) is 0 Å². The van der Waals surface area contributed by atoms with Gasteiger partial charge in [0.2, 0.25) is 5.91 Å². The number of carboxylic acids is 1. The number of rotatable bonds is 5. The quantitative estimate of drug-likeness (QED) is 0.700. The fourth-order valence-corrected chi connectivity index (χ4v) is 2.54. The highest BCUT2D eigenvalue weighted by molar-refractivity contribution is 14.1. The van der Waals surface area contributed by atoms with Crippen LogP contribution in [0.15, 0.2) is 42.5 Å². The lowest BCUT2D eigenvalue weighted by Gasteiger charge is -2.09. The van der Waals surface area contributed by atoms with E-state index < -0.39 is 5.97 Å². The van der Waals surface area contributed by atoms with Crippen LogP contribution in [0.5, 0.6) is 0 Å². The first kappa shape index (κ1) is 16.8. The molecule has 2 aromatic carbocycles. The molecular weight excluding hydrogens is 417 g/mol. The molecule has 2 rings (SSSR count). The van der Waals surface area contributed by atoms with Gasteiger partial charge >= 0.3 is 5.97 Å². The van der Waals surface area contributed by atoms with Crippen LogP contribution in [0, 0.1) is 3.57 Å². The number of carbonyl (C=O) groups excluding carboxylic acids is 1. The van der Waals surface area contributed by atoms with Crippen molar-refractivity contribution in [1.29, 1.82) is 0 Å². The van der Waals surface area contributed by atoms with E-state index in [2.05, 4.69) is 5.32 Å². The molecule has 0 heterocycles. The SMILES string of the molecule is O=C(CCc1ccc(Cl)cc1)Nc1ccc(I)cc1C(=O)O. The van der Waals surface area contributed by atoms with E-state index in [1.54, 1.807) is 24.3 Å². The number of carboxylic acid groups (broad SMARTS) is 1. The summed E-state index contributed by atoms with van der Waals surface area (Å²) in [6, 6.07) is 12.2. The summed E-state index contributed by atoms with van der Waals surface area (Å²) in [5.74, 6) is -1.29. The average Bonchev–Trinajstić information content (AvgIpc) is 2.48. The molecule has 4 nitrogen and oxygen atoms in total. The fourth-order valence-electron chi connectivity index (χ4n) is 1.92. The molecule has 6 heteroatoms. The summed E-state index contributed by atoms with van der Waals surface area (Å²) in [6.07, 6.45) is 0.836. The monoisotopic (exact) mass is 429 g/mol. The Labute approximate surface area is 146 Å². The molecule has 0 atom stereocenters. The second-order valence-corrected chi connectivity index (χ2v) is 6.35. The third-order valence-electron chi connectivity index (χ3n) is 3.04. The van der Waals surface area contributed by atoms with Crippen LogP contribution in [-0.2, 0) is 11.2 Å². The standard InChI is InChI=1S/C16H13ClINO3/c17-11-4-1-10(2-5-11)3-8-15(20)19-14-7-6-12(18)9-13(14)16(21)22/h1-2,4-7,9H,3,8H2,(H,19,20)(H,21,22). The molecular formula is C16H13ClINO3. The molecule has 1 amide bonds. The average molecular weight is 430 g/mol. The number of anilines is 1. The number of aryl methyl sites for hydroxylation is 1. The van der Waals surface area contributed by atoms with E-state index in [9.17, 15) is 9.59 Å². The molecule has 0 aliphatic rings. The van der Waals surface area contributed by atoms with Gasteiger partial charge in [-0.1, -0.05) is 23.7 Å². The maximum absolute atomic E-state index is 12.0. The fraction of sp³-hybridized carbons (Fsp3) is 0.125. The smallest absolute Gasteiger partial charge is 0.337 e. The molecule has 0 saturated heterocycles. The number of nitrogens with one attached hydrogen (secondary N) is 1. The Bertz CT molecular complexity index is 701. The normalized spacial score (nSPS) is 10.3. The van der Waals surface area contributed by atoms with E-state index in [1.807, 2.05) is 34.7 Å². The van der Waals surface area contributed by atoms with Crippen molar-refractivity contribution in [2.45, 2.75) is 12.8 Å². The van der Waals surface area contributed by atoms with E-state index in [-0.39, 0.29) is 17.9 Å². The lowest BCUT2D eigenvalue weighted by Crippen LogP contribution is -2.15. The zero-order valence-corrected chi connectivity index (χ0v) is 14.4. The number of halogens is 2. The summed E-state index contributed by atoms with van der Waals surface area (Å²) in [7, 11) is 0. The summed E-state index contributed by atoms with van der Waals surface area (Å²) in [4.78, 5) is 23.2. The van der Waals surface area contributed by atoms with Gasteiger partial charge in [-0.3, -0.25) is 4.79 Å². The van der Waals surface area contributed by atoms with Crippen molar-refractivity contribution >= 4 is 51.8 Å². The predicted octanol–water partition coefficient (Wildman–Crippen LogP) is 4.21. The molecule has 0 fully saturated rings. The molecule has 22 heavy (non-hydrogen) atoms. The van der Waals surface area contributed by atoms with Gasteiger partial charge in [-0.05, 0) is 64.9 Å². The summed E-state index contributed by atoms with van der Waals surface area (Å²) in [6.45, 7) is 0. The van der Waals surface area contributed by atoms with Crippen LogP contribution >= 0.6 is 34.2 Å². The van der Waals surface area contributed by atoms with Crippen molar-refractivity contribution in [3.8, 4) is 0 Å². The summed E-state index contributed by atoms with van der Waals surface area (Å²) in [5, 5.41) is 12.5. The van der Waals surface area contributed by atoms with Gasteiger partial charge in [0.05, 0.1) is 11.3 Å². The molecule has 0 radical (unpaired) electrons. The van der Waals surface area contributed by atoms with E-state index in [0.717, 1.165) is 9.13 Å². The van der Waals surface area contributed by atoms with Crippen molar-refractivity contribution in [1.82, 2.24) is 0 Å². The molecule has 114 valence electrons. The Morgan fingerprint density at radius 3 is 2.45 bits per heavy atom. The largest absolute Gasteiger partial charge is 0.478 e. The van der Waals surface area contributed by atoms with Gasteiger partial charge in [0.15, 0.2) is 0 Å². The lowest BCUT2D eigenvalue weighted by molar-refractivity contribution is -0.116. The highest BCUT2D eigenvalue weighted by Gasteiger charge is 2.13. The first-order valence-electron chi connectivity index (χ1n) is 6.53. The summed E-state index contributed by atoms with van der Waals surface area (Å²) >= 11 is 7.84. The second-order valence-electron chi connectivity index (χ2n) is 4.67. The number of amides is 1. The van der Waals surface area contributed by atoms with E-state index >= 15 is 0 Å². The molecule has 0 aliphatic carbocycles. The minimum Gasteiger partial charge on any atom is -0.478 e. The Kier molecular flexibility index (Phi) is 5.79. The number of carbonyl (C=O) groups is 2. The van der Waals surface area contributed by atoms with Crippen LogP contribution in [0.4, 0.5) is 5.69 Å².